The maximum Gasteiger partial charge on any atom is 0.274 e. The van der Waals surface area contributed by atoms with Crippen LogP contribution in [0.3, 0.4) is 0 Å². The van der Waals surface area contributed by atoms with Gasteiger partial charge < -0.3 is 10.0 Å². The molecule has 1 N–H and O–H groups in total. The lowest BCUT2D eigenvalue weighted by molar-refractivity contribution is 0.0417. The van der Waals surface area contributed by atoms with Crippen LogP contribution in [0.5, 0.6) is 5.88 Å². The molecule has 37 heavy (non-hydrogen) atoms. The molecular formula is C26H27F4N5O2. The van der Waals surface area contributed by atoms with Gasteiger partial charge in [0.05, 0.1) is 35.9 Å². The average molecular weight is 518 g/mol. The predicted octanol–water partition coefficient (Wildman–Crippen LogP) is 5.12. The van der Waals surface area contributed by atoms with Crippen molar-refractivity contribution in [1.29, 1.82) is 0 Å². The molecule has 11 heteroatoms. The summed E-state index contributed by atoms with van der Waals surface area (Å²) in [4.78, 5) is 21.7. The van der Waals surface area contributed by atoms with Gasteiger partial charge in [0.25, 0.3) is 12.3 Å². The Morgan fingerprint density at radius 3 is 2.46 bits per heavy atom. The Hall–Kier alpha value is -3.63. The minimum atomic E-state index is -2.81. The van der Waals surface area contributed by atoms with Crippen molar-refractivity contribution in [1.82, 2.24) is 25.1 Å². The van der Waals surface area contributed by atoms with Gasteiger partial charge in [0.1, 0.15) is 17.3 Å². The molecule has 0 unspecified atom stereocenters. The number of nitrogens with zero attached hydrogens (tertiary/aromatic N) is 5. The topological polar surface area (TPSA) is 92.1 Å². The fourth-order valence-corrected chi connectivity index (χ4v) is 5.00. The fraction of sp³-hybridized carbons (Fsp3) is 0.423. The predicted molar refractivity (Wildman–Crippen MR) is 127 cm³/mol. The molecule has 2 aromatic heterocycles. The molecule has 1 aromatic carbocycles. The second kappa shape index (κ2) is 10.4. The van der Waals surface area contributed by atoms with Gasteiger partial charge >= 0.3 is 0 Å². The molecule has 1 aliphatic carbocycles. The first-order chi connectivity index (χ1) is 17.5. The van der Waals surface area contributed by atoms with E-state index in [9.17, 15) is 27.5 Å². The number of aromatic hydroxyl groups is 1. The number of carbonyl (C=O) groups is 1. The van der Waals surface area contributed by atoms with E-state index in [1.165, 1.54) is 6.07 Å². The van der Waals surface area contributed by atoms with Crippen LogP contribution in [0.25, 0.3) is 11.3 Å². The van der Waals surface area contributed by atoms with Crippen molar-refractivity contribution in [3.63, 3.8) is 0 Å². The second-order valence-electron chi connectivity index (χ2n) is 9.72. The van der Waals surface area contributed by atoms with Crippen molar-refractivity contribution < 1.29 is 27.5 Å². The van der Waals surface area contributed by atoms with Crippen LogP contribution in [0.1, 0.15) is 61.3 Å². The van der Waals surface area contributed by atoms with Crippen LogP contribution >= 0.6 is 0 Å². The molecule has 7 nitrogen and oxygen atoms in total. The van der Waals surface area contributed by atoms with E-state index >= 15 is 0 Å². The van der Waals surface area contributed by atoms with E-state index in [1.807, 2.05) is 20.8 Å². The monoisotopic (exact) mass is 517 g/mol. The molecule has 1 amide bonds. The van der Waals surface area contributed by atoms with E-state index in [2.05, 4.69) is 20.2 Å². The first kappa shape index (κ1) is 26.4. The molecule has 0 radical (unpaired) electrons. The smallest absolute Gasteiger partial charge is 0.274 e. The molecule has 0 aliphatic heterocycles. The van der Waals surface area contributed by atoms with Crippen LogP contribution in [-0.2, 0) is 5.41 Å². The molecule has 2 atom stereocenters. The van der Waals surface area contributed by atoms with Crippen molar-refractivity contribution >= 4 is 5.91 Å². The quantitative estimate of drug-likeness (QED) is 0.438. The molecule has 2 heterocycles. The molecule has 196 valence electrons. The van der Waals surface area contributed by atoms with E-state index in [0.29, 0.717) is 24.1 Å². The van der Waals surface area contributed by atoms with Crippen LogP contribution in [0.15, 0.2) is 36.7 Å². The number of aromatic nitrogens is 4. The van der Waals surface area contributed by atoms with Gasteiger partial charge in [0.15, 0.2) is 0 Å². The highest BCUT2D eigenvalue weighted by molar-refractivity contribution is 5.92. The number of alkyl halides is 2. The van der Waals surface area contributed by atoms with E-state index in [4.69, 9.17) is 0 Å². The van der Waals surface area contributed by atoms with E-state index in [-0.39, 0.29) is 35.3 Å². The number of rotatable bonds is 7. The molecule has 1 aliphatic rings. The Morgan fingerprint density at radius 2 is 1.86 bits per heavy atom. The Balaban J connectivity index is 1.79. The maximum atomic E-state index is 14.5. The van der Waals surface area contributed by atoms with Gasteiger partial charge in [-0.2, -0.15) is 10.2 Å². The Bertz CT molecular complexity index is 1270. The number of amides is 1. The molecule has 4 rings (SSSR count). The summed E-state index contributed by atoms with van der Waals surface area (Å²) in [6, 6.07) is 5.15. The number of hydrogen-bond donors (Lipinski definition) is 1. The summed E-state index contributed by atoms with van der Waals surface area (Å²) < 4.78 is 56.1. The summed E-state index contributed by atoms with van der Waals surface area (Å²) in [6.45, 7) is 4.85. The number of carbonyl (C=O) groups excluding carboxylic acids is 1. The van der Waals surface area contributed by atoms with E-state index in [1.54, 1.807) is 6.07 Å². The Morgan fingerprint density at radius 1 is 1.16 bits per heavy atom. The first-order valence-electron chi connectivity index (χ1n) is 11.9. The second-order valence-corrected chi connectivity index (χ2v) is 9.72. The summed E-state index contributed by atoms with van der Waals surface area (Å²) in [5, 5.41) is 17.9. The number of hydrogen-bond acceptors (Lipinski definition) is 6. The van der Waals surface area contributed by atoms with Crippen LogP contribution in [0.2, 0.25) is 0 Å². The zero-order valence-electron chi connectivity index (χ0n) is 20.6. The standard InChI is InChI=1S/C26H27F4N5O2/c1-14(2)26(13-35(12-21(29)30)25(37)20-10-32-22(36)11-31-20)8-7-15(3)16-9-19(33-34-24(16)26)23-17(27)5-4-6-18(23)28/h4-6,9-11,14-15,21H,7-8,12-13H2,1-3H3,(H,32,36)/t15-,26+/m0/s1. The van der Waals surface area contributed by atoms with Gasteiger partial charge in [0.2, 0.25) is 5.88 Å². The normalized spacial score (nSPS) is 19.2. The van der Waals surface area contributed by atoms with Crippen molar-refractivity contribution in [2.24, 2.45) is 5.92 Å². The SMILES string of the molecule is CC(C)[C@]1(CN(CC(F)F)C(=O)c2cnc(O)cn2)CC[C@H](C)c2cc(-c3c(F)cccc3F)nnc21. The summed E-state index contributed by atoms with van der Waals surface area (Å²) in [6.07, 6.45) is 0.376. The van der Waals surface area contributed by atoms with Crippen LogP contribution < -0.4 is 0 Å². The third-order valence-electron chi connectivity index (χ3n) is 7.15. The fourth-order valence-electron chi connectivity index (χ4n) is 5.00. The molecule has 3 aromatic rings. The number of benzene rings is 1. The number of halogens is 4. The van der Waals surface area contributed by atoms with Crippen LogP contribution in [0.4, 0.5) is 17.6 Å². The summed E-state index contributed by atoms with van der Waals surface area (Å²) in [7, 11) is 0. The zero-order chi connectivity index (χ0) is 26.9. The minimum absolute atomic E-state index is 0.0341. The molecule has 0 bridgehead atoms. The summed E-state index contributed by atoms with van der Waals surface area (Å²) in [5.74, 6) is -2.88. The molecule has 0 fully saturated rings. The summed E-state index contributed by atoms with van der Waals surface area (Å²) in [5.41, 5.74) is -0.0483. The van der Waals surface area contributed by atoms with Crippen LogP contribution in [0, 0.1) is 17.6 Å². The van der Waals surface area contributed by atoms with Gasteiger partial charge in [-0.05, 0) is 48.4 Å². The Labute approximate surface area is 211 Å². The third-order valence-corrected chi connectivity index (χ3v) is 7.15. The van der Waals surface area contributed by atoms with Gasteiger partial charge in [0, 0.05) is 12.0 Å². The van der Waals surface area contributed by atoms with Crippen molar-refractivity contribution in [2.75, 3.05) is 13.1 Å². The molecule has 0 saturated carbocycles. The van der Waals surface area contributed by atoms with Crippen molar-refractivity contribution in [3.8, 4) is 17.1 Å². The molecular weight excluding hydrogens is 490 g/mol. The average Bonchev–Trinajstić information content (AvgIpc) is 2.85. The molecule has 0 spiro atoms. The van der Waals surface area contributed by atoms with Gasteiger partial charge in [-0.3, -0.25) is 4.79 Å². The highest BCUT2D eigenvalue weighted by Gasteiger charge is 2.46. The van der Waals surface area contributed by atoms with Crippen molar-refractivity contribution in [3.05, 3.63) is 65.2 Å². The highest BCUT2D eigenvalue weighted by Crippen LogP contribution is 2.47. The van der Waals surface area contributed by atoms with E-state index < -0.39 is 41.8 Å². The van der Waals surface area contributed by atoms with Crippen molar-refractivity contribution in [2.45, 2.75) is 51.4 Å². The first-order valence-corrected chi connectivity index (χ1v) is 11.9. The lowest BCUT2D eigenvalue weighted by atomic mass is 9.63. The molecule has 0 saturated heterocycles. The van der Waals surface area contributed by atoms with E-state index in [0.717, 1.165) is 29.4 Å². The third kappa shape index (κ3) is 5.12. The minimum Gasteiger partial charge on any atom is -0.492 e. The number of fused-ring (bicyclic) bond motifs is 1. The maximum absolute atomic E-state index is 14.5. The lowest BCUT2D eigenvalue weighted by Gasteiger charge is -2.45. The van der Waals surface area contributed by atoms with Gasteiger partial charge in [-0.25, -0.2) is 27.5 Å². The zero-order valence-corrected chi connectivity index (χ0v) is 20.6. The largest absolute Gasteiger partial charge is 0.492 e. The van der Waals surface area contributed by atoms with Gasteiger partial charge in [-0.1, -0.05) is 26.8 Å². The Kier molecular flexibility index (Phi) is 7.42. The highest BCUT2D eigenvalue weighted by atomic mass is 19.3. The van der Waals surface area contributed by atoms with Crippen LogP contribution in [-0.4, -0.2) is 55.6 Å². The van der Waals surface area contributed by atoms with Gasteiger partial charge in [-0.15, -0.1) is 0 Å². The lowest BCUT2D eigenvalue weighted by Crippen LogP contribution is -2.51. The summed E-state index contributed by atoms with van der Waals surface area (Å²) >= 11 is 0.